The van der Waals surface area contributed by atoms with Crippen LogP contribution in [0.1, 0.15) is 22.3 Å². The molecule has 102 valence electrons. The Hall–Kier alpha value is -1.61. The van der Waals surface area contributed by atoms with Crippen molar-refractivity contribution in [3.05, 3.63) is 42.0 Å². The van der Waals surface area contributed by atoms with E-state index in [1.807, 2.05) is 29.2 Å². The van der Waals surface area contributed by atoms with Crippen LogP contribution in [0.25, 0.3) is 6.08 Å². The summed E-state index contributed by atoms with van der Waals surface area (Å²) in [6.07, 6.45) is 2.89. The zero-order chi connectivity index (χ0) is 13.8. The van der Waals surface area contributed by atoms with Crippen LogP contribution in [-0.2, 0) is 0 Å². The Morgan fingerprint density at radius 3 is 2.68 bits per heavy atom. The van der Waals surface area contributed by atoms with Crippen LogP contribution < -0.4 is 0 Å². The van der Waals surface area contributed by atoms with Crippen LogP contribution in [0.2, 0.25) is 0 Å². The molecule has 1 aliphatic rings. The summed E-state index contributed by atoms with van der Waals surface area (Å²) in [5, 5.41) is 0. The summed E-state index contributed by atoms with van der Waals surface area (Å²) >= 11 is 0. The molecule has 0 N–H and O–H groups in total. The highest BCUT2D eigenvalue weighted by Gasteiger charge is 2.26. The monoisotopic (exact) mass is 258 g/mol. The van der Waals surface area contributed by atoms with Crippen LogP contribution in [0.4, 0.5) is 0 Å². The molecule has 1 aromatic carbocycles. The minimum atomic E-state index is 0.150. The van der Waals surface area contributed by atoms with Gasteiger partial charge in [0.25, 0.3) is 5.91 Å². The van der Waals surface area contributed by atoms with E-state index in [0.717, 1.165) is 37.2 Å². The van der Waals surface area contributed by atoms with Crippen molar-refractivity contribution in [1.29, 1.82) is 0 Å². The molecule has 1 fully saturated rings. The van der Waals surface area contributed by atoms with E-state index in [4.69, 9.17) is 0 Å². The van der Waals surface area contributed by atoms with Crippen LogP contribution in [-0.4, -0.2) is 49.4 Å². The highest BCUT2D eigenvalue weighted by atomic mass is 16.2. The SMILES string of the molecule is C=Cc1ccc(C(=O)N2CCC(CN(C)C)C2)cc1. The Morgan fingerprint density at radius 2 is 2.11 bits per heavy atom. The molecule has 19 heavy (non-hydrogen) atoms. The Balaban J connectivity index is 1.98. The molecule has 3 heteroatoms. The van der Waals surface area contributed by atoms with Gasteiger partial charge in [-0.05, 0) is 44.1 Å². The first-order chi connectivity index (χ1) is 9.10. The zero-order valence-corrected chi connectivity index (χ0v) is 11.8. The normalized spacial score (nSPS) is 18.9. The minimum Gasteiger partial charge on any atom is -0.338 e. The molecule has 1 heterocycles. The summed E-state index contributed by atoms with van der Waals surface area (Å²) < 4.78 is 0. The van der Waals surface area contributed by atoms with Crippen LogP contribution in [0.5, 0.6) is 0 Å². The van der Waals surface area contributed by atoms with Gasteiger partial charge in [-0.25, -0.2) is 0 Å². The van der Waals surface area contributed by atoms with Crippen LogP contribution in [0.3, 0.4) is 0 Å². The summed E-state index contributed by atoms with van der Waals surface area (Å²) in [5.41, 5.74) is 1.82. The first-order valence-electron chi connectivity index (χ1n) is 6.76. The predicted molar refractivity (Wildman–Crippen MR) is 79.1 cm³/mol. The molecular formula is C16H22N2O. The van der Waals surface area contributed by atoms with Crippen molar-refractivity contribution >= 4 is 12.0 Å². The second-order valence-corrected chi connectivity index (χ2v) is 5.49. The maximum absolute atomic E-state index is 12.4. The predicted octanol–water partition coefficient (Wildman–Crippen LogP) is 2.35. The topological polar surface area (TPSA) is 23.6 Å². The van der Waals surface area contributed by atoms with Crippen LogP contribution in [0, 0.1) is 5.92 Å². The van der Waals surface area contributed by atoms with E-state index in [1.165, 1.54) is 0 Å². The van der Waals surface area contributed by atoms with E-state index in [-0.39, 0.29) is 5.91 Å². The number of amides is 1. The van der Waals surface area contributed by atoms with E-state index in [1.54, 1.807) is 6.08 Å². The second kappa shape index (κ2) is 6.02. The lowest BCUT2D eigenvalue weighted by atomic mass is 10.1. The van der Waals surface area contributed by atoms with Gasteiger partial charge in [0.15, 0.2) is 0 Å². The average Bonchev–Trinajstić information content (AvgIpc) is 2.85. The standard InChI is InChI=1S/C16H22N2O/c1-4-13-5-7-15(8-6-13)16(19)18-10-9-14(12-18)11-17(2)3/h4-8,14H,1,9-12H2,2-3H3. The van der Waals surface area contributed by atoms with E-state index in [2.05, 4.69) is 25.6 Å². The highest BCUT2D eigenvalue weighted by molar-refractivity contribution is 5.94. The van der Waals surface area contributed by atoms with Gasteiger partial charge in [-0.15, -0.1) is 0 Å². The van der Waals surface area contributed by atoms with Crippen molar-refractivity contribution in [3.63, 3.8) is 0 Å². The van der Waals surface area contributed by atoms with Gasteiger partial charge in [0, 0.05) is 25.2 Å². The number of carbonyl (C=O) groups is 1. The summed E-state index contributed by atoms with van der Waals surface area (Å²) in [7, 11) is 4.16. The Bertz CT molecular complexity index is 450. The lowest BCUT2D eigenvalue weighted by Crippen LogP contribution is -2.30. The van der Waals surface area contributed by atoms with Gasteiger partial charge in [-0.1, -0.05) is 24.8 Å². The fourth-order valence-electron chi connectivity index (χ4n) is 2.63. The summed E-state index contributed by atoms with van der Waals surface area (Å²) in [5.74, 6) is 0.753. The molecule has 0 aromatic heterocycles. The fourth-order valence-corrected chi connectivity index (χ4v) is 2.63. The maximum atomic E-state index is 12.4. The molecule has 0 radical (unpaired) electrons. The van der Waals surface area contributed by atoms with Crippen molar-refractivity contribution < 1.29 is 4.79 Å². The average molecular weight is 258 g/mol. The third-order valence-corrected chi connectivity index (χ3v) is 3.59. The van der Waals surface area contributed by atoms with Crippen molar-refractivity contribution in [1.82, 2.24) is 9.80 Å². The molecule has 3 nitrogen and oxygen atoms in total. The number of benzene rings is 1. The molecule has 0 spiro atoms. The first kappa shape index (κ1) is 13.8. The Kier molecular flexibility index (Phi) is 4.38. The van der Waals surface area contributed by atoms with Crippen LogP contribution >= 0.6 is 0 Å². The van der Waals surface area contributed by atoms with Gasteiger partial charge >= 0.3 is 0 Å². The smallest absolute Gasteiger partial charge is 0.253 e. The molecule has 1 saturated heterocycles. The molecular weight excluding hydrogens is 236 g/mol. The maximum Gasteiger partial charge on any atom is 0.253 e. The Morgan fingerprint density at radius 1 is 1.42 bits per heavy atom. The first-order valence-corrected chi connectivity index (χ1v) is 6.76. The van der Waals surface area contributed by atoms with Gasteiger partial charge in [0.2, 0.25) is 0 Å². The minimum absolute atomic E-state index is 0.150. The molecule has 0 bridgehead atoms. The lowest BCUT2D eigenvalue weighted by Gasteiger charge is -2.18. The van der Waals surface area contributed by atoms with E-state index < -0.39 is 0 Å². The van der Waals surface area contributed by atoms with Gasteiger partial charge in [0.05, 0.1) is 0 Å². The highest BCUT2D eigenvalue weighted by Crippen LogP contribution is 2.19. The third kappa shape index (κ3) is 3.44. The largest absolute Gasteiger partial charge is 0.338 e. The van der Waals surface area contributed by atoms with E-state index in [9.17, 15) is 4.79 Å². The van der Waals surface area contributed by atoms with Gasteiger partial charge in [-0.3, -0.25) is 4.79 Å². The number of hydrogen-bond acceptors (Lipinski definition) is 2. The van der Waals surface area contributed by atoms with Crippen molar-refractivity contribution in [3.8, 4) is 0 Å². The summed E-state index contributed by atoms with van der Waals surface area (Å²) in [4.78, 5) is 16.5. The number of nitrogens with zero attached hydrogens (tertiary/aromatic N) is 2. The number of hydrogen-bond donors (Lipinski definition) is 0. The molecule has 1 amide bonds. The zero-order valence-electron chi connectivity index (χ0n) is 11.8. The molecule has 0 saturated carbocycles. The number of carbonyl (C=O) groups excluding carboxylic acids is 1. The quantitative estimate of drug-likeness (QED) is 0.827. The van der Waals surface area contributed by atoms with Crippen molar-refractivity contribution in [2.45, 2.75) is 6.42 Å². The van der Waals surface area contributed by atoms with Crippen molar-refractivity contribution in [2.24, 2.45) is 5.92 Å². The molecule has 2 rings (SSSR count). The van der Waals surface area contributed by atoms with E-state index >= 15 is 0 Å². The summed E-state index contributed by atoms with van der Waals surface area (Å²) in [6, 6.07) is 7.65. The van der Waals surface area contributed by atoms with Crippen molar-refractivity contribution in [2.75, 3.05) is 33.7 Å². The number of rotatable bonds is 4. The second-order valence-electron chi connectivity index (χ2n) is 5.49. The number of likely N-dealkylation sites (tertiary alicyclic amines) is 1. The van der Waals surface area contributed by atoms with Crippen LogP contribution in [0.15, 0.2) is 30.8 Å². The molecule has 1 aliphatic heterocycles. The molecule has 0 aliphatic carbocycles. The third-order valence-electron chi connectivity index (χ3n) is 3.59. The van der Waals surface area contributed by atoms with Gasteiger partial charge in [0.1, 0.15) is 0 Å². The van der Waals surface area contributed by atoms with E-state index in [0.29, 0.717) is 5.92 Å². The fraction of sp³-hybridized carbons (Fsp3) is 0.438. The summed E-state index contributed by atoms with van der Waals surface area (Å²) in [6.45, 7) is 6.53. The van der Waals surface area contributed by atoms with Gasteiger partial charge in [-0.2, -0.15) is 0 Å². The Labute approximate surface area is 115 Å². The lowest BCUT2D eigenvalue weighted by molar-refractivity contribution is 0.0785. The molecule has 1 aromatic rings. The molecule has 1 atom stereocenters. The van der Waals surface area contributed by atoms with Gasteiger partial charge < -0.3 is 9.80 Å². The molecule has 1 unspecified atom stereocenters.